The highest BCUT2D eigenvalue weighted by atomic mass is 16.2. The minimum Gasteiger partial charge on any atom is -0.372 e. The summed E-state index contributed by atoms with van der Waals surface area (Å²) >= 11 is 0. The average molecular weight is 393 g/mol. The molecule has 2 aromatic carbocycles. The Bertz CT molecular complexity index is 776. The predicted octanol–water partition coefficient (Wildman–Crippen LogP) is 3.95. The Morgan fingerprint density at radius 1 is 0.828 bits per heavy atom. The van der Waals surface area contributed by atoms with E-state index in [1.54, 1.807) is 0 Å². The number of nitrogens with one attached hydrogen (secondary N) is 1. The fourth-order valence-electron chi connectivity index (χ4n) is 4.19. The van der Waals surface area contributed by atoms with Gasteiger partial charge in [-0.1, -0.05) is 37.3 Å². The van der Waals surface area contributed by atoms with Gasteiger partial charge in [0, 0.05) is 57.2 Å². The third kappa shape index (κ3) is 5.03. The van der Waals surface area contributed by atoms with Gasteiger partial charge in [-0.05, 0) is 48.6 Å². The van der Waals surface area contributed by atoms with Crippen molar-refractivity contribution < 1.29 is 4.79 Å². The molecule has 0 radical (unpaired) electrons. The minimum atomic E-state index is 0.0307. The maximum atomic E-state index is 12.4. The van der Waals surface area contributed by atoms with E-state index < -0.39 is 0 Å². The number of anilines is 2. The summed E-state index contributed by atoms with van der Waals surface area (Å²) in [4.78, 5) is 19.2. The van der Waals surface area contributed by atoms with Crippen molar-refractivity contribution >= 4 is 17.4 Å². The second-order valence-corrected chi connectivity index (χ2v) is 8.30. The van der Waals surface area contributed by atoms with Gasteiger partial charge in [-0.3, -0.25) is 0 Å². The largest absolute Gasteiger partial charge is 0.372 e. The zero-order chi connectivity index (χ0) is 20.1. The smallest absolute Gasteiger partial charge is 0.317 e. The molecule has 2 aliphatic rings. The van der Waals surface area contributed by atoms with Crippen molar-refractivity contribution in [3.05, 3.63) is 60.2 Å². The monoisotopic (exact) mass is 392 g/mol. The molecule has 2 fully saturated rings. The molecule has 5 heteroatoms. The Morgan fingerprint density at radius 3 is 1.97 bits per heavy atom. The van der Waals surface area contributed by atoms with Gasteiger partial charge in [0.25, 0.3) is 0 Å². The second kappa shape index (κ2) is 9.21. The van der Waals surface area contributed by atoms with E-state index in [1.807, 2.05) is 35.2 Å². The minimum absolute atomic E-state index is 0.0307. The van der Waals surface area contributed by atoms with Crippen molar-refractivity contribution in [2.24, 2.45) is 5.92 Å². The Hall–Kier alpha value is -2.69. The summed E-state index contributed by atoms with van der Waals surface area (Å²) in [6, 6.07) is 19.1. The highest BCUT2D eigenvalue weighted by Crippen LogP contribution is 2.26. The SMILES string of the molecule is CC1CCN(c2ccc(N3CCN(C(=O)NCc4ccccc4)CC3)cc2)CC1. The first-order valence-corrected chi connectivity index (χ1v) is 10.9. The molecule has 4 rings (SSSR count). The molecule has 1 N–H and O–H groups in total. The molecule has 154 valence electrons. The zero-order valence-electron chi connectivity index (χ0n) is 17.4. The fourth-order valence-corrected chi connectivity index (χ4v) is 4.19. The molecule has 2 saturated heterocycles. The van der Waals surface area contributed by atoms with E-state index in [2.05, 4.69) is 46.3 Å². The van der Waals surface area contributed by atoms with E-state index in [4.69, 9.17) is 0 Å². The van der Waals surface area contributed by atoms with Crippen LogP contribution in [0.4, 0.5) is 16.2 Å². The molecular weight excluding hydrogens is 360 g/mol. The standard InChI is InChI=1S/C24H32N4O/c1-20-11-13-26(14-12-20)22-7-9-23(10-8-22)27-15-17-28(18-16-27)24(29)25-19-21-5-3-2-4-6-21/h2-10,20H,11-19H2,1H3,(H,25,29). The van der Waals surface area contributed by atoms with Crippen LogP contribution in [0.15, 0.2) is 54.6 Å². The number of benzene rings is 2. The van der Waals surface area contributed by atoms with Crippen LogP contribution in [-0.4, -0.2) is 50.2 Å². The molecule has 0 aliphatic carbocycles. The van der Waals surface area contributed by atoms with Gasteiger partial charge in [-0.2, -0.15) is 0 Å². The number of rotatable bonds is 4. The van der Waals surface area contributed by atoms with Crippen molar-refractivity contribution in [2.45, 2.75) is 26.3 Å². The van der Waals surface area contributed by atoms with E-state index >= 15 is 0 Å². The lowest BCUT2D eigenvalue weighted by Crippen LogP contribution is -2.51. The number of carbonyl (C=O) groups excluding carboxylic acids is 1. The van der Waals surface area contributed by atoms with Crippen molar-refractivity contribution in [1.82, 2.24) is 10.2 Å². The lowest BCUT2D eigenvalue weighted by atomic mass is 9.99. The van der Waals surface area contributed by atoms with E-state index in [0.717, 1.165) is 50.7 Å². The van der Waals surface area contributed by atoms with Crippen molar-refractivity contribution in [3.8, 4) is 0 Å². The summed E-state index contributed by atoms with van der Waals surface area (Å²) in [7, 11) is 0. The van der Waals surface area contributed by atoms with Gasteiger partial charge in [0.05, 0.1) is 0 Å². The number of amides is 2. The first-order chi connectivity index (χ1) is 14.2. The van der Waals surface area contributed by atoms with Gasteiger partial charge in [0.1, 0.15) is 0 Å². The van der Waals surface area contributed by atoms with Crippen molar-refractivity contribution in [3.63, 3.8) is 0 Å². The lowest BCUT2D eigenvalue weighted by molar-refractivity contribution is 0.194. The molecule has 2 heterocycles. The number of nitrogens with zero attached hydrogens (tertiary/aromatic N) is 3. The number of piperidine rings is 1. The first kappa shape index (κ1) is 19.6. The summed E-state index contributed by atoms with van der Waals surface area (Å²) < 4.78 is 0. The van der Waals surface area contributed by atoms with E-state index in [1.165, 1.54) is 24.2 Å². The Kier molecular flexibility index (Phi) is 6.23. The first-order valence-electron chi connectivity index (χ1n) is 10.9. The van der Waals surface area contributed by atoms with E-state index in [-0.39, 0.29) is 6.03 Å². The van der Waals surface area contributed by atoms with Gasteiger partial charge >= 0.3 is 6.03 Å². The molecule has 0 spiro atoms. The molecule has 2 aliphatic heterocycles. The predicted molar refractivity (Wildman–Crippen MR) is 120 cm³/mol. The van der Waals surface area contributed by atoms with Gasteiger partial charge in [0.2, 0.25) is 0 Å². The summed E-state index contributed by atoms with van der Waals surface area (Å²) in [6.45, 7) is 8.52. The maximum absolute atomic E-state index is 12.4. The highest BCUT2D eigenvalue weighted by molar-refractivity contribution is 5.74. The summed E-state index contributed by atoms with van der Waals surface area (Å²) in [5.74, 6) is 0.853. The van der Waals surface area contributed by atoms with Crippen LogP contribution < -0.4 is 15.1 Å². The van der Waals surface area contributed by atoms with E-state index in [0.29, 0.717) is 6.54 Å². The topological polar surface area (TPSA) is 38.8 Å². The summed E-state index contributed by atoms with van der Waals surface area (Å²) in [6.07, 6.45) is 2.58. The molecule has 5 nitrogen and oxygen atoms in total. The van der Waals surface area contributed by atoms with Crippen LogP contribution in [0.1, 0.15) is 25.3 Å². The van der Waals surface area contributed by atoms with Crippen LogP contribution in [0.2, 0.25) is 0 Å². The number of hydrogen-bond donors (Lipinski definition) is 1. The molecule has 2 aromatic rings. The van der Waals surface area contributed by atoms with Crippen LogP contribution in [0.3, 0.4) is 0 Å². The van der Waals surface area contributed by atoms with Gasteiger partial charge in [0.15, 0.2) is 0 Å². The normalized spacial score (nSPS) is 18.0. The Balaban J connectivity index is 1.25. The van der Waals surface area contributed by atoms with Crippen LogP contribution in [-0.2, 0) is 6.54 Å². The molecule has 0 atom stereocenters. The van der Waals surface area contributed by atoms with Crippen LogP contribution in [0, 0.1) is 5.92 Å². The summed E-state index contributed by atoms with van der Waals surface area (Å²) in [5.41, 5.74) is 3.71. The molecule has 2 amide bonds. The highest BCUT2D eigenvalue weighted by Gasteiger charge is 2.21. The van der Waals surface area contributed by atoms with Gasteiger partial charge in [-0.15, -0.1) is 0 Å². The van der Waals surface area contributed by atoms with Crippen molar-refractivity contribution in [1.29, 1.82) is 0 Å². The molecule has 0 unspecified atom stereocenters. The van der Waals surface area contributed by atoms with Crippen LogP contribution in [0.25, 0.3) is 0 Å². The third-order valence-electron chi connectivity index (χ3n) is 6.22. The van der Waals surface area contributed by atoms with Crippen LogP contribution >= 0.6 is 0 Å². The number of urea groups is 1. The number of carbonyl (C=O) groups is 1. The molecular formula is C24H32N4O. The van der Waals surface area contributed by atoms with E-state index in [9.17, 15) is 4.79 Å². The quantitative estimate of drug-likeness (QED) is 0.856. The molecule has 29 heavy (non-hydrogen) atoms. The molecule has 0 bridgehead atoms. The maximum Gasteiger partial charge on any atom is 0.317 e. The summed E-state index contributed by atoms with van der Waals surface area (Å²) in [5, 5.41) is 3.03. The zero-order valence-corrected chi connectivity index (χ0v) is 17.4. The van der Waals surface area contributed by atoms with Gasteiger partial charge < -0.3 is 20.0 Å². The molecule has 0 saturated carbocycles. The van der Waals surface area contributed by atoms with Gasteiger partial charge in [-0.25, -0.2) is 4.79 Å². The average Bonchev–Trinajstić information content (AvgIpc) is 2.79. The Labute approximate surface area is 174 Å². The number of hydrogen-bond acceptors (Lipinski definition) is 3. The van der Waals surface area contributed by atoms with Crippen molar-refractivity contribution in [2.75, 3.05) is 49.1 Å². The second-order valence-electron chi connectivity index (χ2n) is 8.30. The molecule has 0 aromatic heterocycles. The fraction of sp³-hybridized carbons (Fsp3) is 0.458. The van der Waals surface area contributed by atoms with Crippen LogP contribution in [0.5, 0.6) is 0 Å². The third-order valence-corrected chi connectivity index (χ3v) is 6.22. The lowest BCUT2D eigenvalue weighted by Gasteiger charge is -2.36. The number of piperazine rings is 1. The Morgan fingerprint density at radius 2 is 1.38 bits per heavy atom.